The van der Waals surface area contributed by atoms with Crippen molar-refractivity contribution in [1.82, 2.24) is 0 Å². The largest absolute Gasteiger partial charge is 0.396 e. The van der Waals surface area contributed by atoms with Crippen LogP contribution in [-0.2, 0) is 0 Å². The Kier molecular flexibility index (Phi) is 5.50. The number of nitrogens with two attached hydrogens (primary N) is 2. The Labute approximate surface area is 65.7 Å². The van der Waals surface area contributed by atoms with Crippen LogP contribution in [0.4, 0.5) is 0 Å². The van der Waals surface area contributed by atoms with Gasteiger partial charge in [-0.15, -0.1) is 0 Å². The summed E-state index contributed by atoms with van der Waals surface area (Å²) in [4.78, 5) is 3.62. The van der Waals surface area contributed by atoms with E-state index in [1.54, 1.807) is 0 Å². The highest BCUT2D eigenvalue weighted by Gasteiger charge is 2.01. The molecule has 11 heavy (non-hydrogen) atoms. The Morgan fingerprint density at radius 1 is 1.45 bits per heavy atom. The Morgan fingerprint density at radius 2 is 2.09 bits per heavy atom. The first kappa shape index (κ1) is 10.2. The summed E-state index contributed by atoms with van der Waals surface area (Å²) in [6.07, 6.45) is 0.540. The van der Waals surface area contributed by atoms with Crippen LogP contribution in [0.1, 0.15) is 12.8 Å². The molecule has 1 atom stereocenters. The van der Waals surface area contributed by atoms with Crippen LogP contribution in [0.5, 0.6) is 0 Å². The van der Waals surface area contributed by atoms with Gasteiger partial charge in [0, 0.05) is 6.61 Å². The molecule has 5 nitrogen and oxygen atoms in total. The average molecular weight is 161 g/mol. The zero-order valence-electron chi connectivity index (χ0n) is 6.40. The summed E-state index contributed by atoms with van der Waals surface area (Å²) < 4.78 is 0. The predicted molar refractivity (Wildman–Crippen MR) is 43.0 cm³/mol. The molecule has 6 N–H and O–H groups in total. The van der Waals surface area contributed by atoms with Crippen molar-refractivity contribution in [3.8, 4) is 0 Å². The maximum Gasteiger partial charge on any atom is 0.185 e. The lowest BCUT2D eigenvalue weighted by Crippen LogP contribution is -2.25. The molecule has 0 radical (unpaired) electrons. The quantitative estimate of drug-likeness (QED) is 0.287. The van der Waals surface area contributed by atoms with E-state index in [4.69, 9.17) is 21.7 Å². The van der Waals surface area contributed by atoms with Crippen LogP contribution >= 0.6 is 0 Å². The van der Waals surface area contributed by atoms with Crippen molar-refractivity contribution in [3.05, 3.63) is 0 Å². The smallest absolute Gasteiger partial charge is 0.185 e. The summed E-state index contributed by atoms with van der Waals surface area (Å²) in [5, 5.41) is 17.5. The molecule has 0 aliphatic carbocycles. The van der Waals surface area contributed by atoms with Crippen LogP contribution in [-0.4, -0.2) is 35.4 Å². The molecular weight excluding hydrogens is 146 g/mol. The normalized spacial score (nSPS) is 12.5. The first-order valence-electron chi connectivity index (χ1n) is 3.51. The van der Waals surface area contributed by atoms with Crippen LogP contribution in [0.15, 0.2) is 4.99 Å². The molecule has 0 rings (SSSR count). The van der Waals surface area contributed by atoms with Crippen molar-refractivity contribution < 1.29 is 10.2 Å². The third-order valence-corrected chi connectivity index (χ3v) is 1.18. The van der Waals surface area contributed by atoms with Gasteiger partial charge >= 0.3 is 0 Å². The molecule has 0 fully saturated rings. The topological polar surface area (TPSA) is 105 Å². The van der Waals surface area contributed by atoms with Gasteiger partial charge in [0.15, 0.2) is 5.96 Å². The minimum absolute atomic E-state index is 0.0203. The predicted octanol–water partition coefficient (Wildman–Crippen LogP) is -1.61. The molecule has 0 amide bonds. The summed E-state index contributed by atoms with van der Waals surface area (Å²) >= 11 is 0. The number of hydrogen-bond donors (Lipinski definition) is 4. The number of hydrogen-bond acceptors (Lipinski definition) is 3. The molecule has 66 valence electrons. The standard InChI is InChI=1S/C6H15N3O2/c7-6(8)9-4-5(11)2-1-3-10/h5,10-11H,1-4H2,(H4,7,8,9). The van der Waals surface area contributed by atoms with Crippen LogP contribution in [0.25, 0.3) is 0 Å². The van der Waals surface area contributed by atoms with Crippen molar-refractivity contribution >= 4 is 5.96 Å². The van der Waals surface area contributed by atoms with E-state index in [1.165, 1.54) is 0 Å². The first-order valence-corrected chi connectivity index (χ1v) is 3.51. The molecule has 0 aromatic carbocycles. The zero-order valence-corrected chi connectivity index (χ0v) is 6.40. The summed E-state index contributed by atoms with van der Waals surface area (Å²) in [5.74, 6) is -0.0203. The molecule has 5 heteroatoms. The summed E-state index contributed by atoms with van der Waals surface area (Å²) in [5.41, 5.74) is 10.1. The molecule has 1 unspecified atom stereocenters. The van der Waals surface area contributed by atoms with Gasteiger partial charge in [-0.3, -0.25) is 4.99 Å². The molecule has 0 aromatic heterocycles. The van der Waals surface area contributed by atoms with Crippen LogP contribution in [0, 0.1) is 0 Å². The van der Waals surface area contributed by atoms with Gasteiger partial charge < -0.3 is 21.7 Å². The SMILES string of the molecule is NC(N)=NCC(O)CCCO. The van der Waals surface area contributed by atoms with E-state index in [-0.39, 0.29) is 19.1 Å². The van der Waals surface area contributed by atoms with Crippen molar-refractivity contribution in [3.63, 3.8) is 0 Å². The van der Waals surface area contributed by atoms with Crippen molar-refractivity contribution in [2.24, 2.45) is 16.5 Å². The van der Waals surface area contributed by atoms with Crippen LogP contribution in [0.3, 0.4) is 0 Å². The van der Waals surface area contributed by atoms with E-state index in [2.05, 4.69) is 4.99 Å². The highest BCUT2D eigenvalue weighted by Crippen LogP contribution is 1.95. The second kappa shape index (κ2) is 5.94. The Hall–Kier alpha value is -0.810. The van der Waals surface area contributed by atoms with E-state index in [1.807, 2.05) is 0 Å². The number of aliphatic hydroxyl groups excluding tert-OH is 2. The summed E-state index contributed by atoms with van der Waals surface area (Å²) in [7, 11) is 0. The van der Waals surface area contributed by atoms with Crippen molar-refractivity contribution in [2.45, 2.75) is 18.9 Å². The molecular formula is C6H15N3O2. The first-order chi connectivity index (χ1) is 5.16. The molecule has 0 saturated carbocycles. The highest BCUT2D eigenvalue weighted by molar-refractivity contribution is 5.75. The maximum atomic E-state index is 9.10. The summed E-state index contributed by atoms with van der Waals surface area (Å²) in [6.45, 7) is 0.293. The minimum atomic E-state index is -0.552. The molecule has 0 bridgehead atoms. The number of nitrogens with zero attached hydrogens (tertiary/aromatic N) is 1. The van der Waals surface area contributed by atoms with E-state index >= 15 is 0 Å². The molecule has 0 aromatic rings. The zero-order chi connectivity index (χ0) is 8.69. The third kappa shape index (κ3) is 7.08. The Bertz CT molecular complexity index is 123. The monoisotopic (exact) mass is 161 g/mol. The number of aliphatic imine (C=N–C) groups is 1. The van der Waals surface area contributed by atoms with Crippen molar-refractivity contribution in [1.29, 1.82) is 0 Å². The minimum Gasteiger partial charge on any atom is -0.396 e. The average Bonchev–Trinajstić information content (AvgIpc) is 1.97. The molecule has 0 saturated heterocycles. The van der Waals surface area contributed by atoms with Gasteiger partial charge in [-0.05, 0) is 12.8 Å². The van der Waals surface area contributed by atoms with Gasteiger partial charge in [0.1, 0.15) is 0 Å². The fourth-order valence-corrected chi connectivity index (χ4v) is 0.629. The van der Waals surface area contributed by atoms with E-state index in [9.17, 15) is 0 Å². The molecule has 0 aliphatic rings. The second-order valence-corrected chi connectivity index (χ2v) is 2.29. The second-order valence-electron chi connectivity index (χ2n) is 2.29. The van der Waals surface area contributed by atoms with Crippen molar-refractivity contribution in [2.75, 3.05) is 13.2 Å². The molecule has 0 aliphatic heterocycles. The van der Waals surface area contributed by atoms with Gasteiger partial charge in [-0.1, -0.05) is 0 Å². The van der Waals surface area contributed by atoms with Crippen LogP contribution in [0.2, 0.25) is 0 Å². The molecule has 0 spiro atoms. The number of guanidine groups is 1. The van der Waals surface area contributed by atoms with Gasteiger partial charge in [-0.2, -0.15) is 0 Å². The van der Waals surface area contributed by atoms with Gasteiger partial charge in [-0.25, -0.2) is 0 Å². The van der Waals surface area contributed by atoms with E-state index in [0.717, 1.165) is 0 Å². The summed E-state index contributed by atoms with van der Waals surface area (Å²) in [6, 6.07) is 0. The van der Waals surface area contributed by atoms with E-state index in [0.29, 0.717) is 12.8 Å². The van der Waals surface area contributed by atoms with Gasteiger partial charge in [0.2, 0.25) is 0 Å². The lowest BCUT2D eigenvalue weighted by molar-refractivity contribution is 0.157. The number of aliphatic hydroxyl groups is 2. The Balaban J connectivity index is 3.36. The van der Waals surface area contributed by atoms with Crippen LogP contribution < -0.4 is 11.5 Å². The van der Waals surface area contributed by atoms with Gasteiger partial charge in [0.05, 0.1) is 12.6 Å². The molecule has 0 heterocycles. The third-order valence-electron chi connectivity index (χ3n) is 1.18. The lowest BCUT2D eigenvalue weighted by Gasteiger charge is -2.05. The van der Waals surface area contributed by atoms with E-state index < -0.39 is 6.10 Å². The number of rotatable bonds is 5. The fourth-order valence-electron chi connectivity index (χ4n) is 0.629. The van der Waals surface area contributed by atoms with Gasteiger partial charge in [0.25, 0.3) is 0 Å². The highest BCUT2D eigenvalue weighted by atomic mass is 16.3. The Morgan fingerprint density at radius 3 is 2.55 bits per heavy atom. The lowest BCUT2D eigenvalue weighted by atomic mass is 10.2. The maximum absolute atomic E-state index is 9.10. The fraction of sp³-hybridized carbons (Fsp3) is 0.833.